The van der Waals surface area contributed by atoms with E-state index in [1.807, 2.05) is 6.21 Å². The number of rotatable bonds is 9. The zero-order valence-corrected chi connectivity index (χ0v) is 21.5. The van der Waals surface area contributed by atoms with Crippen molar-refractivity contribution in [2.45, 2.75) is 87.5 Å². The summed E-state index contributed by atoms with van der Waals surface area (Å²) in [4.78, 5) is 4.21. The zero-order valence-electron chi connectivity index (χ0n) is 21.5. The molecule has 3 nitrogen and oxygen atoms in total. The maximum absolute atomic E-state index is 5.30. The third-order valence-corrected chi connectivity index (χ3v) is 5.20. The normalized spacial score (nSPS) is 13.4. The standard InChI is InChI=1S/C13H16.C8H18N2.C8H13N.CH4/c1-10(2)9-12-8-7-11-5-3-4-6-13(11)12;1-7(2)5-4-6-10-8(3)9;1-7(2)6-8-4-3-5-9-8;/h3-6,8,10H,7,9H2,1-2H3;7,10H,3-6,9H2,1-2H3;4-5,7H,3,6H2,1-2H3;1H4. The lowest BCUT2D eigenvalue weighted by Gasteiger charge is -2.07. The molecular weight excluding hydrogens is 402 g/mol. The molecule has 33 heavy (non-hydrogen) atoms. The molecule has 1 aliphatic heterocycles. The predicted molar refractivity (Wildman–Crippen MR) is 150 cm³/mol. The van der Waals surface area contributed by atoms with E-state index in [2.05, 4.69) is 94.8 Å². The van der Waals surface area contributed by atoms with Crippen LogP contribution >= 0.6 is 0 Å². The SMILES string of the molecule is C.C=C(N)NCCCC(C)C.CC(C)CC1=CCC=N1.CC(C)CC1=CCc2ccccc21. The van der Waals surface area contributed by atoms with Gasteiger partial charge in [0.05, 0.1) is 5.82 Å². The molecular formula is C30H51N3. The fourth-order valence-corrected chi connectivity index (χ4v) is 3.71. The second-order valence-corrected chi connectivity index (χ2v) is 10.0. The van der Waals surface area contributed by atoms with Gasteiger partial charge in [-0.1, -0.05) is 92.0 Å². The summed E-state index contributed by atoms with van der Waals surface area (Å²) < 4.78 is 0. The molecule has 0 fully saturated rings. The van der Waals surface area contributed by atoms with Gasteiger partial charge in [0.25, 0.3) is 0 Å². The van der Waals surface area contributed by atoms with Crippen molar-refractivity contribution in [2.75, 3.05) is 6.54 Å². The number of nitrogens with zero attached hydrogens (tertiary/aromatic N) is 1. The van der Waals surface area contributed by atoms with Crippen LogP contribution in [0.1, 0.15) is 92.2 Å². The first-order valence-corrected chi connectivity index (χ1v) is 12.4. The number of benzene rings is 1. The molecule has 0 unspecified atom stereocenters. The van der Waals surface area contributed by atoms with Crippen molar-refractivity contribution in [1.29, 1.82) is 0 Å². The molecule has 1 heterocycles. The van der Waals surface area contributed by atoms with Gasteiger partial charge in [-0.3, -0.25) is 4.99 Å². The van der Waals surface area contributed by atoms with Crippen LogP contribution in [0.4, 0.5) is 0 Å². The number of hydrogen-bond donors (Lipinski definition) is 2. The van der Waals surface area contributed by atoms with E-state index in [-0.39, 0.29) is 7.43 Å². The van der Waals surface area contributed by atoms with Gasteiger partial charge in [0.1, 0.15) is 0 Å². The number of allylic oxidation sites excluding steroid dienone is 4. The van der Waals surface area contributed by atoms with E-state index in [9.17, 15) is 0 Å². The Morgan fingerprint density at radius 3 is 2.21 bits per heavy atom. The van der Waals surface area contributed by atoms with Crippen LogP contribution in [0.5, 0.6) is 0 Å². The quantitative estimate of drug-likeness (QED) is 0.371. The number of nitrogens with one attached hydrogen (secondary N) is 1. The third-order valence-electron chi connectivity index (χ3n) is 5.20. The Hall–Kier alpha value is -2.29. The number of fused-ring (bicyclic) bond motifs is 1. The Balaban J connectivity index is 0.000000469. The Morgan fingerprint density at radius 2 is 1.67 bits per heavy atom. The zero-order chi connectivity index (χ0) is 23.9. The average molecular weight is 454 g/mol. The van der Waals surface area contributed by atoms with E-state index in [1.54, 1.807) is 5.57 Å². The van der Waals surface area contributed by atoms with Crippen molar-refractivity contribution < 1.29 is 0 Å². The van der Waals surface area contributed by atoms with Gasteiger partial charge < -0.3 is 11.1 Å². The predicted octanol–water partition coefficient (Wildman–Crippen LogP) is 8.14. The maximum Gasteiger partial charge on any atom is 0.0885 e. The van der Waals surface area contributed by atoms with E-state index in [1.165, 1.54) is 36.1 Å². The van der Waals surface area contributed by atoms with Gasteiger partial charge in [-0.25, -0.2) is 0 Å². The lowest BCUT2D eigenvalue weighted by Crippen LogP contribution is -2.19. The molecule has 1 aromatic carbocycles. The highest BCUT2D eigenvalue weighted by atomic mass is 15.0. The second-order valence-electron chi connectivity index (χ2n) is 10.0. The fraction of sp³-hybridized carbons (Fsp3) is 0.567. The number of hydrogen-bond acceptors (Lipinski definition) is 3. The van der Waals surface area contributed by atoms with Crippen LogP contribution in [0.2, 0.25) is 0 Å². The van der Waals surface area contributed by atoms with Gasteiger partial charge in [0.15, 0.2) is 0 Å². The van der Waals surface area contributed by atoms with Gasteiger partial charge in [-0.05, 0) is 66.6 Å². The van der Waals surface area contributed by atoms with E-state index < -0.39 is 0 Å². The first-order chi connectivity index (χ1) is 15.2. The Labute approximate surface area is 205 Å². The number of aliphatic imine (C=N–C) groups is 1. The molecule has 3 rings (SSSR count). The van der Waals surface area contributed by atoms with Crippen molar-refractivity contribution in [2.24, 2.45) is 28.5 Å². The molecule has 0 aromatic heterocycles. The van der Waals surface area contributed by atoms with Crippen LogP contribution in [0.15, 0.2) is 59.5 Å². The highest BCUT2D eigenvalue weighted by molar-refractivity contribution is 5.73. The minimum absolute atomic E-state index is 0. The molecule has 1 aliphatic carbocycles. The minimum Gasteiger partial charge on any atom is -0.386 e. The monoisotopic (exact) mass is 453 g/mol. The van der Waals surface area contributed by atoms with Crippen LogP contribution in [0.25, 0.3) is 5.57 Å². The average Bonchev–Trinajstić information content (AvgIpc) is 3.36. The molecule has 2 aliphatic rings. The molecule has 0 saturated carbocycles. The van der Waals surface area contributed by atoms with Gasteiger partial charge in [0.2, 0.25) is 0 Å². The molecule has 0 radical (unpaired) electrons. The maximum atomic E-state index is 5.30. The van der Waals surface area contributed by atoms with Crippen LogP contribution < -0.4 is 11.1 Å². The Bertz CT molecular complexity index is 767. The van der Waals surface area contributed by atoms with Gasteiger partial charge in [-0.2, -0.15) is 0 Å². The molecule has 186 valence electrons. The summed E-state index contributed by atoms with van der Waals surface area (Å²) in [5, 5.41) is 2.98. The van der Waals surface area contributed by atoms with E-state index in [4.69, 9.17) is 5.73 Å². The highest BCUT2D eigenvalue weighted by Gasteiger charge is 2.13. The van der Waals surface area contributed by atoms with E-state index >= 15 is 0 Å². The summed E-state index contributed by atoms with van der Waals surface area (Å²) in [5.41, 5.74) is 11.1. The van der Waals surface area contributed by atoms with Crippen LogP contribution in [0, 0.1) is 17.8 Å². The van der Waals surface area contributed by atoms with Gasteiger partial charge in [0, 0.05) is 24.9 Å². The lowest BCUT2D eigenvalue weighted by atomic mass is 9.98. The van der Waals surface area contributed by atoms with Crippen molar-refractivity contribution >= 4 is 11.8 Å². The lowest BCUT2D eigenvalue weighted by molar-refractivity contribution is 0.543. The van der Waals surface area contributed by atoms with Crippen LogP contribution in [-0.4, -0.2) is 12.8 Å². The molecule has 0 saturated heterocycles. The molecule has 0 bridgehead atoms. The summed E-state index contributed by atoms with van der Waals surface area (Å²) in [6.07, 6.45) is 13.5. The summed E-state index contributed by atoms with van der Waals surface area (Å²) in [6, 6.07) is 8.75. The molecule has 3 N–H and O–H groups in total. The topological polar surface area (TPSA) is 50.4 Å². The van der Waals surface area contributed by atoms with E-state index in [0.29, 0.717) is 5.82 Å². The first kappa shape index (κ1) is 30.7. The van der Waals surface area contributed by atoms with Crippen molar-refractivity contribution in [3.63, 3.8) is 0 Å². The highest BCUT2D eigenvalue weighted by Crippen LogP contribution is 2.31. The molecule has 0 atom stereocenters. The molecule has 3 heteroatoms. The van der Waals surface area contributed by atoms with Crippen molar-refractivity contribution in [1.82, 2.24) is 5.32 Å². The molecule has 0 spiro atoms. The van der Waals surface area contributed by atoms with Crippen molar-refractivity contribution in [3.8, 4) is 0 Å². The Morgan fingerprint density at radius 1 is 1.00 bits per heavy atom. The van der Waals surface area contributed by atoms with Crippen LogP contribution in [-0.2, 0) is 6.42 Å². The van der Waals surface area contributed by atoms with E-state index in [0.717, 1.165) is 43.6 Å². The molecule has 0 amide bonds. The summed E-state index contributed by atoms with van der Waals surface area (Å²) in [6.45, 7) is 17.9. The fourth-order valence-electron chi connectivity index (χ4n) is 3.71. The summed E-state index contributed by atoms with van der Waals surface area (Å²) in [7, 11) is 0. The van der Waals surface area contributed by atoms with Gasteiger partial charge >= 0.3 is 0 Å². The first-order valence-electron chi connectivity index (χ1n) is 12.4. The summed E-state index contributed by atoms with van der Waals surface area (Å²) in [5.74, 6) is 2.86. The minimum atomic E-state index is 0. The summed E-state index contributed by atoms with van der Waals surface area (Å²) >= 11 is 0. The third kappa shape index (κ3) is 14.5. The number of nitrogens with two attached hydrogens (primary N) is 1. The Kier molecular flexibility index (Phi) is 16.0. The van der Waals surface area contributed by atoms with Crippen LogP contribution in [0.3, 0.4) is 0 Å². The molecule has 1 aromatic rings. The second kappa shape index (κ2) is 17.2. The largest absolute Gasteiger partial charge is 0.386 e. The smallest absolute Gasteiger partial charge is 0.0885 e. The van der Waals surface area contributed by atoms with Gasteiger partial charge in [-0.15, -0.1) is 0 Å². The van der Waals surface area contributed by atoms with Crippen molar-refractivity contribution in [3.05, 3.63) is 65.6 Å².